The molecule has 2 aliphatic heterocycles. The van der Waals surface area contributed by atoms with Crippen molar-refractivity contribution in [1.29, 1.82) is 0 Å². The molecular weight excluding hydrogens is 194 g/mol. The molecule has 1 saturated carbocycles. The lowest BCUT2D eigenvalue weighted by Crippen LogP contribution is -2.57. The van der Waals surface area contributed by atoms with Crippen molar-refractivity contribution < 1.29 is 0 Å². The highest BCUT2D eigenvalue weighted by Gasteiger charge is 2.46. The first kappa shape index (κ1) is 10.6. The summed E-state index contributed by atoms with van der Waals surface area (Å²) in [4.78, 5) is 2.84. The Kier molecular flexibility index (Phi) is 2.47. The Balaban J connectivity index is 1.84. The highest BCUT2D eigenvalue weighted by molar-refractivity contribution is 5.17. The first-order valence-electron chi connectivity index (χ1n) is 6.80. The van der Waals surface area contributed by atoms with Crippen LogP contribution in [0.25, 0.3) is 0 Å². The zero-order chi connectivity index (χ0) is 11.2. The fourth-order valence-electron chi connectivity index (χ4n) is 4.21. The third kappa shape index (κ3) is 1.57. The summed E-state index contributed by atoms with van der Waals surface area (Å²) in [5.74, 6) is 0. The summed E-state index contributed by atoms with van der Waals surface area (Å²) < 4.78 is 0. The smallest absolute Gasteiger partial charge is 0.0252 e. The Morgan fingerprint density at radius 3 is 2.75 bits per heavy atom. The van der Waals surface area contributed by atoms with Gasteiger partial charge in [0.05, 0.1) is 0 Å². The Morgan fingerprint density at radius 2 is 2.00 bits per heavy atom. The van der Waals surface area contributed by atoms with Gasteiger partial charge in [0.2, 0.25) is 0 Å². The van der Waals surface area contributed by atoms with Gasteiger partial charge in [0, 0.05) is 18.1 Å². The molecule has 2 saturated heterocycles. The summed E-state index contributed by atoms with van der Waals surface area (Å²) in [6.07, 6.45) is 10.6. The molecule has 3 rings (SSSR count). The molecule has 1 spiro atoms. The van der Waals surface area contributed by atoms with Gasteiger partial charge in [0.25, 0.3) is 0 Å². The molecule has 2 heterocycles. The van der Waals surface area contributed by atoms with Crippen LogP contribution < -0.4 is 0 Å². The topological polar surface area (TPSA) is 3.24 Å². The Morgan fingerprint density at radius 1 is 1.12 bits per heavy atom. The zero-order valence-electron chi connectivity index (χ0n) is 10.3. The van der Waals surface area contributed by atoms with Gasteiger partial charge >= 0.3 is 0 Å². The van der Waals surface area contributed by atoms with Crippen LogP contribution >= 0.6 is 0 Å². The van der Waals surface area contributed by atoms with Crippen LogP contribution in [-0.2, 0) is 0 Å². The standard InChI is InChI=1S/C15H23N/c1-12-6-9-16-14(10-12)4-3-7-15(16)8-5-13(2)11-15/h14H,1-11H2/t14-,15+/m1/s1. The van der Waals surface area contributed by atoms with Crippen LogP contribution in [0.1, 0.15) is 51.4 Å². The van der Waals surface area contributed by atoms with Gasteiger partial charge in [-0.15, -0.1) is 0 Å². The van der Waals surface area contributed by atoms with Gasteiger partial charge < -0.3 is 0 Å². The van der Waals surface area contributed by atoms with Crippen molar-refractivity contribution in [1.82, 2.24) is 4.90 Å². The normalized spacial score (nSPS) is 40.4. The lowest BCUT2D eigenvalue weighted by Gasteiger charge is -2.52. The molecule has 0 radical (unpaired) electrons. The van der Waals surface area contributed by atoms with Crippen molar-refractivity contribution in [3.63, 3.8) is 0 Å². The molecule has 0 aromatic rings. The van der Waals surface area contributed by atoms with Crippen molar-refractivity contribution in [2.45, 2.75) is 62.9 Å². The van der Waals surface area contributed by atoms with E-state index < -0.39 is 0 Å². The van der Waals surface area contributed by atoms with E-state index in [0.717, 1.165) is 6.04 Å². The van der Waals surface area contributed by atoms with Crippen LogP contribution in [0.4, 0.5) is 0 Å². The van der Waals surface area contributed by atoms with Crippen molar-refractivity contribution in [3.8, 4) is 0 Å². The first-order valence-corrected chi connectivity index (χ1v) is 6.80. The summed E-state index contributed by atoms with van der Waals surface area (Å²) in [7, 11) is 0. The SMILES string of the molecule is C=C1CCN2[C@H](CCC[C@@]23CCC(=C)C3)C1. The number of rotatable bonds is 0. The van der Waals surface area contributed by atoms with Crippen molar-refractivity contribution in [2.75, 3.05) is 6.54 Å². The number of nitrogens with zero attached hydrogens (tertiary/aromatic N) is 1. The molecule has 1 nitrogen and oxygen atoms in total. The average molecular weight is 217 g/mol. The number of hydrogen-bond donors (Lipinski definition) is 0. The maximum Gasteiger partial charge on any atom is 0.0252 e. The van der Waals surface area contributed by atoms with Gasteiger partial charge in [-0.1, -0.05) is 30.7 Å². The van der Waals surface area contributed by atoms with E-state index in [1.807, 2.05) is 0 Å². The van der Waals surface area contributed by atoms with Gasteiger partial charge in [-0.25, -0.2) is 0 Å². The molecule has 16 heavy (non-hydrogen) atoms. The molecule has 1 heteroatoms. The second-order valence-electron chi connectivity index (χ2n) is 6.09. The van der Waals surface area contributed by atoms with Crippen LogP contribution in [0, 0.1) is 0 Å². The zero-order valence-corrected chi connectivity index (χ0v) is 10.3. The van der Waals surface area contributed by atoms with Crippen molar-refractivity contribution >= 4 is 0 Å². The van der Waals surface area contributed by atoms with E-state index in [1.54, 1.807) is 0 Å². The molecule has 0 N–H and O–H groups in total. The minimum Gasteiger partial charge on any atom is -0.294 e. The molecular formula is C15H23N. The van der Waals surface area contributed by atoms with Gasteiger partial charge in [-0.3, -0.25) is 4.90 Å². The van der Waals surface area contributed by atoms with Crippen molar-refractivity contribution in [2.24, 2.45) is 0 Å². The van der Waals surface area contributed by atoms with E-state index in [-0.39, 0.29) is 0 Å². The molecule has 0 unspecified atom stereocenters. The Hall–Kier alpha value is -0.560. The number of hydrogen-bond acceptors (Lipinski definition) is 1. The molecule has 1 aliphatic carbocycles. The van der Waals surface area contributed by atoms with Crippen LogP contribution in [0.15, 0.2) is 24.3 Å². The summed E-state index contributed by atoms with van der Waals surface area (Å²) in [6, 6.07) is 0.806. The largest absolute Gasteiger partial charge is 0.294 e. The molecule has 0 aromatic carbocycles. The minimum absolute atomic E-state index is 0.515. The summed E-state index contributed by atoms with van der Waals surface area (Å²) in [6.45, 7) is 9.66. The summed E-state index contributed by atoms with van der Waals surface area (Å²) >= 11 is 0. The Labute approximate surface area is 99.2 Å². The predicted molar refractivity (Wildman–Crippen MR) is 68.4 cm³/mol. The van der Waals surface area contributed by atoms with Crippen molar-refractivity contribution in [3.05, 3.63) is 24.3 Å². The molecule has 3 fully saturated rings. The molecule has 0 bridgehead atoms. The Bertz CT molecular complexity index is 330. The maximum absolute atomic E-state index is 4.21. The number of fused-ring (bicyclic) bond motifs is 2. The van der Waals surface area contributed by atoms with Crippen LogP contribution in [-0.4, -0.2) is 23.0 Å². The predicted octanol–water partition coefficient (Wildman–Crippen LogP) is 3.67. The molecule has 2 atom stereocenters. The van der Waals surface area contributed by atoms with Gasteiger partial charge in [-0.05, 0) is 44.9 Å². The number of piperidine rings is 2. The van der Waals surface area contributed by atoms with Crippen LogP contribution in [0.3, 0.4) is 0 Å². The van der Waals surface area contributed by atoms with E-state index in [1.165, 1.54) is 69.1 Å². The fraction of sp³-hybridized carbons (Fsp3) is 0.733. The molecule has 88 valence electrons. The first-order chi connectivity index (χ1) is 7.70. The quantitative estimate of drug-likeness (QED) is 0.560. The highest BCUT2D eigenvalue weighted by atomic mass is 15.2. The van der Waals surface area contributed by atoms with Crippen LogP contribution in [0.5, 0.6) is 0 Å². The third-order valence-corrected chi connectivity index (χ3v) is 4.98. The second-order valence-corrected chi connectivity index (χ2v) is 6.09. The monoisotopic (exact) mass is 217 g/mol. The molecule has 3 aliphatic rings. The second kappa shape index (κ2) is 3.73. The molecule has 0 aromatic heterocycles. The maximum atomic E-state index is 4.21. The average Bonchev–Trinajstić information content (AvgIpc) is 2.61. The summed E-state index contributed by atoms with van der Waals surface area (Å²) in [5, 5.41) is 0. The lowest BCUT2D eigenvalue weighted by molar-refractivity contribution is -0.00530. The summed E-state index contributed by atoms with van der Waals surface area (Å²) in [5.41, 5.74) is 3.49. The van der Waals surface area contributed by atoms with Gasteiger partial charge in [0.1, 0.15) is 0 Å². The van der Waals surface area contributed by atoms with E-state index in [2.05, 4.69) is 18.1 Å². The highest BCUT2D eigenvalue weighted by Crippen LogP contribution is 2.48. The van der Waals surface area contributed by atoms with Gasteiger partial charge in [0.15, 0.2) is 0 Å². The third-order valence-electron chi connectivity index (χ3n) is 4.98. The molecule has 0 amide bonds. The minimum atomic E-state index is 0.515. The fourth-order valence-corrected chi connectivity index (χ4v) is 4.21. The van der Waals surface area contributed by atoms with E-state index in [9.17, 15) is 0 Å². The lowest BCUT2D eigenvalue weighted by atomic mass is 9.78. The van der Waals surface area contributed by atoms with E-state index >= 15 is 0 Å². The van der Waals surface area contributed by atoms with Gasteiger partial charge in [-0.2, -0.15) is 0 Å². The van der Waals surface area contributed by atoms with E-state index in [0.29, 0.717) is 5.54 Å². The van der Waals surface area contributed by atoms with Crippen LogP contribution in [0.2, 0.25) is 0 Å². The van der Waals surface area contributed by atoms with E-state index in [4.69, 9.17) is 0 Å².